The summed E-state index contributed by atoms with van der Waals surface area (Å²) in [5.74, 6) is 0.755. The van der Waals surface area contributed by atoms with Gasteiger partial charge in [0.2, 0.25) is 5.96 Å². The van der Waals surface area contributed by atoms with Crippen LogP contribution in [0.3, 0.4) is 0 Å². The summed E-state index contributed by atoms with van der Waals surface area (Å²) in [6.45, 7) is 1.47. The maximum absolute atomic E-state index is 5.99. The lowest BCUT2D eigenvalue weighted by Gasteiger charge is -2.22. The third kappa shape index (κ3) is 3.55. The van der Waals surface area contributed by atoms with E-state index in [-0.39, 0.29) is 0 Å². The second-order valence-corrected chi connectivity index (χ2v) is 5.61. The van der Waals surface area contributed by atoms with E-state index in [2.05, 4.69) is 15.6 Å². The van der Waals surface area contributed by atoms with Gasteiger partial charge in [-0.15, -0.1) is 0 Å². The van der Waals surface area contributed by atoms with Crippen molar-refractivity contribution in [2.24, 2.45) is 4.99 Å². The fraction of sp³-hybridized carbons (Fsp3) is 0.125. The van der Waals surface area contributed by atoms with Crippen LogP contribution in [-0.2, 0) is 0 Å². The summed E-state index contributed by atoms with van der Waals surface area (Å²) in [5, 5.41) is 7.75. The second-order valence-electron chi connectivity index (χ2n) is 4.79. The number of hydrogen-bond acceptors (Lipinski definition) is 3. The molecule has 2 aromatic rings. The smallest absolute Gasteiger partial charge is 0.204 e. The summed E-state index contributed by atoms with van der Waals surface area (Å²) in [5.41, 5.74) is 1.85. The number of benzene rings is 2. The van der Waals surface area contributed by atoms with Crippen LogP contribution in [0.4, 0.5) is 11.4 Å². The summed E-state index contributed by atoms with van der Waals surface area (Å²) in [4.78, 5) is 6.42. The van der Waals surface area contributed by atoms with E-state index in [1.807, 2.05) is 59.5 Å². The molecule has 6 heteroatoms. The van der Waals surface area contributed by atoms with Crippen molar-refractivity contribution in [2.45, 2.75) is 0 Å². The van der Waals surface area contributed by atoms with E-state index in [9.17, 15) is 0 Å². The van der Waals surface area contributed by atoms with Gasteiger partial charge in [0.1, 0.15) is 0 Å². The van der Waals surface area contributed by atoms with Gasteiger partial charge < -0.3 is 10.6 Å². The Bertz CT molecular complexity index is 702. The summed E-state index contributed by atoms with van der Waals surface area (Å²) < 4.78 is 0. The highest BCUT2D eigenvalue weighted by atomic mass is 35.5. The third-order valence-corrected chi connectivity index (χ3v) is 3.75. The molecule has 112 valence electrons. The van der Waals surface area contributed by atoms with Crippen molar-refractivity contribution in [1.29, 1.82) is 0 Å². The Morgan fingerprint density at radius 2 is 1.86 bits per heavy atom. The number of para-hydroxylation sites is 1. The van der Waals surface area contributed by atoms with Crippen LogP contribution in [0.2, 0.25) is 5.02 Å². The van der Waals surface area contributed by atoms with Gasteiger partial charge in [0.05, 0.1) is 6.54 Å². The molecule has 22 heavy (non-hydrogen) atoms. The van der Waals surface area contributed by atoms with Gasteiger partial charge in [-0.2, -0.15) is 0 Å². The Labute approximate surface area is 139 Å². The number of aliphatic imine (C=N–C) groups is 1. The van der Waals surface area contributed by atoms with Gasteiger partial charge in [-0.3, -0.25) is 9.89 Å². The maximum atomic E-state index is 5.99. The molecule has 0 bridgehead atoms. The number of nitrogens with zero attached hydrogens (tertiary/aromatic N) is 2. The Morgan fingerprint density at radius 1 is 1.09 bits per heavy atom. The average Bonchev–Trinajstić information content (AvgIpc) is 2.96. The molecule has 0 fully saturated rings. The third-order valence-electron chi connectivity index (χ3n) is 3.19. The van der Waals surface area contributed by atoms with Crippen LogP contribution in [0, 0.1) is 0 Å². The molecule has 2 N–H and O–H groups in total. The first-order valence-electron chi connectivity index (χ1n) is 6.93. The number of hydrogen-bond donors (Lipinski definition) is 2. The minimum Gasteiger partial charge on any atom is -0.332 e. The zero-order valence-corrected chi connectivity index (χ0v) is 13.4. The molecular formula is C16H15ClN4S. The van der Waals surface area contributed by atoms with Crippen LogP contribution < -0.4 is 10.6 Å². The molecule has 1 aliphatic rings. The zero-order chi connectivity index (χ0) is 15.4. The molecule has 0 saturated heterocycles. The Balaban J connectivity index is 1.68. The Hall–Kier alpha value is -2.11. The number of rotatable bonds is 2. The van der Waals surface area contributed by atoms with Gasteiger partial charge in [-0.1, -0.05) is 35.9 Å². The van der Waals surface area contributed by atoms with Gasteiger partial charge in [0.25, 0.3) is 0 Å². The number of halogens is 1. The van der Waals surface area contributed by atoms with Crippen molar-refractivity contribution in [3.05, 3.63) is 59.6 Å². The molecule has 0 unspecified atom stereocenters. The van der Waals surface area contributed by atoms with Gasteiger partial charge in [0.15, 0.2) is 5.11 Å². The number of guanidine groups is 1. The number of thiocarbonyl (C=S) groups is 1. The summed E-state index contributed by atoms with van der Waals surface area (Å²) >= 11 is 11.5. The highest BCUT2D eigenvalue weighted by Crippen LogP contribution is 2.17. The van der Waals surface area contributed by atoms with E-state index < -0.39 is 0 Å². The van der Waals surface area contributed by atoms with E-state index >= 15 is 0 Å². The topological polar surface area (TPSA) is 39.7 Å². The quantitative estimate of drug-likeness (QED) is 0.821. The molecule has 0 spiro atoms. The van der Waals surface area contributed by atoms with Crippen molar-refractivity contribution in [1.82, 2.24) is 4.90 Å². The first-order valence-corrected chi connectivity index (χ1v) is 7.71. The van der Waals surface area contributed by atoms with Crippen molar-refractivity contribution < 1.29 is 0 Å². The zero-order valence-electron chi connectivity index (χ0n) is 11.8. The van der Waals surface area contributed by atoms with Gasteiger partial charge in [-0.25, -0.2) is 0 Å². The van der Waals surface area contributed by atoms with Crippen molar-refractivity contribution >= 4 is 46.3 Å². The summed E-state index contributed by atoms with van der Waals surface area (Å²) in [7, 11) is 0. The molecular weight excluding hydrogens is 316 g/mol. The van der Waals surface area contributed by atoms with Gasteiger partial charge >= 0.3 is 0 Å². The minimum atomic E-state index is 0.599. The molecule has 2 aromatic carbocycles. The Morgan fingerprint density at radius 3 is 2.64 bits per heavy atom. The van der Waals surface area contributed by atoms with Crippen molar-refractivity contribution in [3.63, 3.8) is 0 Å². The predicted molar refractivity (Wildman–Crippen MR) is 96.7 cm³/mol. The molecule has 0 atom stereocenters. The lowest BCUT2D eigenvalue weighted by Crippen LogP contribution is -2.40. The van der Waals surface area contributed by atoms with E-state index in [0.29, 0.717) is 16.7 Å². The van der Waals surface area contributed by atoms with Crippen LogP contribution in [0.1, 0.15) is 0 Å². The SMILES string of the molecule is S=C(Nc1cccc(Cl)c1)N1CCN=C1Nc1ccccc1. The van der Waals surface area contributed by atoms with E-state index in [1.54, 1.807) is 0 Å². The molecule has 1 heterocycles. The summed E-state index contributed by atoms with van der Waals surface area (Å²) in [6, 6.07) is 17.4. The van der Waals surface area contributed by atoms with Crippen LogP contribution in [0.15, 0.2) is 59.6 Å². The summed E-state index contributed by atoms with van der Waals surface area (Å²) in [6.07, 6.45) is 0. The molecule has 0 aromatic heterocycles. The first kappa shape index (κ1) is 14.8. The normalized spacial score (nSPS) is 13.7. The van der Waals surface area contributed by atoms with E-state index in [4.69, 9.17) is 23.8 Å². The number of anilines is 2. The lowest BCUT2D eigenvalue weighted by atomic mass is 10.3. The number of nitrogens with one attached hydrogen (secondary N) is 2. The maximum Gasteiger partial charge on any atom is 0.204 e. The van der Waals surface area contributed by atoms with Crippen LogP contribution >= 0.6 is 23.8 Å². The highest BCUT2D eigenvalue weighted by molar-refractivity contribution is 7.80. The molecule has 0 aliphatic carbocycles. The largest absolute Gasteiger partial charge is 0.332 e. The predicted octanol–water partition coefficient (Wildman–Crippen LogP) is 3.82. The molecule has 3 rings (SSSR count). The molecule has 0 saturated carbocycles. The van der Waals surface area contributed by atoms with Crippen molar-refractivity contribution in [3.8, 4) is 0 Å². The van der Waals surface area contributed by atoms with Crippen molar-refractivity contribution in [2.75, 3.05) is 23.7 Å². The highest BCUT2D eigenvalue weighted by Gasteiger charge is 2.21. The first-order chi connectivity index (χ1) is 10.7. The Kier molecular flexibility index (Phi) is 4.56. The van der Waals surface area contributed by atoms with Crippen LogP contribution in [0.5, 0.6) is 0 Å². The van der Waals surface area contributed by atoms with Gasteiger partial charge in [-0.05, 0) is 42.5 Å². The fourth-order valence-corrected chi connectivity index (χ4v) is 2.65. The van der Waals surface area contributed by atoms with Crippen LogP contribution in [0.25, 0.3) is 0 Å². The van der Waals surface area contributed by atoms with Gasteiger partial charge in [0, 0.05) is 22.9 Å². The minimum absolute atomic E-state index is 0.599. The monoisotopic (exact) mass is 330 g/mol. The van der Waals surface area contributed by atoms with Crippen LogP contribution in [-0.4, -0.2) is 29.1 Å². The standard InChI is InChI=1S/C16H15ClN4S/c17-12-5-4-8-14(11-12)20-16(22)21-10-9-18-15(21)19-13-6-2-1-3-7-13/h1-8,11H,9-10H2,(H,18,19)(H,20,22). The molecule has 0 amide bonds. The average molecular weight is 331 g/mol. The second kappa shape index (κ2) is 6.77. The molecule has 0 radical (unpaired) electrons. The lowest BCUT2D eigenvalue weighted by molar-refractivity contribution is 0.674. The molecule has 1 aliphatic heterocycles. The molecule has 4 nitrogen and oxygen atoms in total. The van der Waals surface area contributed by atoms with E-state index in [0.717, 1.165) is 23.9 Å². The fourth-order valence-electron chi connectivity index (χ4n) is 2.16. The van der Waals surface area contributed by atoms with E-state index in [1.165, 1.54) is 0 Å².